The van der Waals surface area contributed by atoms with Crippen LogP contribution in [0.2, 0.25) is 0 Å². The average Bonchev–Trinajstić information content (AvgIpc) is 3.30. The van der Waals surface area contributed by atoms with E-state index < -0.39 is 84.8 Å². The van der Waals surface area contributed by atoms with Crippen LogP contribution >= 0.6 is 18.4 Å². The third kappa shape index (κ3) is 15.6. The Labute approximate surface area is 410 Å². The van der Waals surface area contributed by atoms with Crippen LogP contribution in [0.5, 0.6) is 0 Å². The number of hydrogen-bond acceptors (Lipinski definition) is 14. The highest BCUT2D eigenvalue weighted by Gasteiger charge is 2.53. The van der Waals surface area contributed by atoms with Gasteiger partial charge in [-0.25, -0.2) is 4.79 Å². The number of cyclic esters (lactones) is 1. The minimum Gasteiger partial charge on any atom is -0.460 e. The van der Waals surface area contributed by atoms with Gasteiger partial charge in [-0.15, -0.1) is 0 Å². The number of aliphatic hydroxyl groups excluding tert-OH is 1. The minimum atomic E-state index is -2.43. The number of carbonyl (C=O) groups is 5. The number of Topliss-reactive ketones (excluding diaryl/α,β-unsaturated/α-hetero) is 3. The second-order valence-electron chi connectivity index (χ2n) is 20.1. The highest BCUT2D eigenvalue weighted by molar-refractivity contribution is 8.51. The fourth-order valence-electron chi connectivity index (χ4n) is 10.4. The Kier molecular flexibility index (Phi) is 23.0. The molecule has 3 aliphatic heterocycles. The van der Waals surface area contributed by atoms with Crippen molar-refractivity contribution in [3.8, 4) is 0 Å². The smallest absolute Gasteiger partial charge is 0.407 e. The fourth-order valence-corrected chi connectivity index (χ4v) is 13.3. The maximum Gasteiger partial charge on any atom is 0.407 e. The number of carbonyl (C=O) groups excluding carboxylic acids is 5. The Balaban J connectivity index is 1.70. The molecule has 3 fully saturated rings. The molecular weight excluding hydrogens is 910 g/mol. The van der Waals surface area contributed by atoms with E-state index in [1.54, 1.807) is 47.7 Å². The first-order valence-corrected chi connectivity index (χ1v) is 27.9. The predicted molar refractivity (Wildman–Crippen MR) is 264 cm³/mol. The molecule has 4 rings (SSSR count). The van der Waals surface area contributed by atoms with Crippen molar-refractivity contribution in [1.29, 1.82) is 0 Å². The zero-order valence-electron chi connectivity index (χ0n) is 42.4. The zero-order chi connectivity index (χ0) is 50.5. The normalized spacial score (nSPS) is 39.4. The molecule has 2 saturated heterocycles. The number of fused-ring (bicyclic) bond motifs is 3. The number of hydrogen-bond donors (Lipinski definition) is 2. The molecule has 1 amide bonds. The second-order valence-corrected chi connectivity index (χ2v) is 24.0. The summed E-state index contributed by atoms with van der Waals surface area (Å²) in [6.07, 6.45) is 12.5. The summed E-state index contributed by atoms with van der Waals surface area (Å²) < 4.78 is 41.9. The molecule has 0 aromatic heterocycles. The van der Waals surface area contributed by atoms with Crippen molar-refractivity contribution in [1.82, 2.24) is 4.90 Å². The monoisotopic (exact) mass is 991 g/mol. The Morgan fingerprint density at radius 3 is 2.28 bits per heavy atom. The first kappa shape index (κ1) is 57.7. The molecule has 0 aromatic carbocycles. The molecule has 14 nitrogen and oxygen atoms in total. The van der Waals surface area contributed by atoms with Gasteiger partial charge < -0.3 is 38.8 Å². The van der Waals surface area contributed by atoms with E-state index in [1.807, 2.05) is 58.1 Å². The first-order valence-electron chi connectivity index (χ1n) is 24.7. The molecule has 68 heavy (non-hydrogen) atoms. The quantitative estimate of drug-likeness (QED) is 0.102. The highest BCUT2D eigenvalue weighted by atomic mass is 32.7. The maximum atomic E-state index is 14.5. The highest BCUT2D eigenvalue weighted by Crippen LogP contribution is 2.46. The third-order valence-corrected chi connectivity index (χ3v) is 17.5. The van der Waals surface area contributed by atoms with E-state index in [-0.39, 0.29) is 60.1 Å². The molecule has 2 unspecified atom stereocenters. The van der Waals surface area contributed by atoms with E-state index in [0.29, 0.717) is 56.9 Å². The van der Waals surface area contributed by atoms with Crippen molar-refractivity contribution in [3.05, 3.63) is 47.6 Å². The summed E-state index contributed by atoms with van der Waals surface area (Å²) in [4.78, 5) is 72.2. The van der Waals surface area contributed by atoms with Crippen LogP contribution in [0, 0.1) is 35.5 Å². The molecule has 1 aliphatic carbocycles. The summed E-state index contributed by atoms with van der Waals surface area (Å²) in [5, 5.41) is 23.5. The summed E-state index contributed by atoms with van der Waals surface area (Å²) in [7, 11) is 3.20. The van der Waals surface area contributed by atoms with Gasteiger partial charge in [-0.3, -0.25) is 19.2 Å². The zero-order valence-corrected chi connectivity index (χ0v) is 44.1. The Hall–Kier alpha value is -2.88. The number of nitrogens with zero attached hydrogens (tertiary/aromatic N) is 1. The Morgan fingerprint density at radius 1 is 0.897 bits per heavy atom. The molecule has 2 N–H and O–H groups in total. The van der Waals surface area contributed by atoms with Gasteiger partial charge in [0.2, 0.25) is 5.79 Å². The van der Waals surface area contributed by atoms with E-state index in [2.05, 4.69) is 0 Å². The molecule has 1 saturated carbocycles. The summed E-state index contributed by atoms with van der Waals surface area (Å²) >= 11 is 1.44. The van der Waals surface area contributed by atoms with Gasteiger partial charge in [0.05, 0.1) is 23.6 Å². The van der Waals surface area contributed by atoms with Crippen LogP contribution in [0.4, 0.5) is 0 Å². The molecule has 0 radical (unpaired) electrons. The van der Waals surface area contributed by atoms with Crippen molar-refractivity contribution < 1.29 is 62.4 Å². The first-order chi connectivity index (χ1) is 32.1. The Morgan fingerprint density at radius 2 is 1.62 bits per heavy atom. The van der Waals surface area contributed by atoms with E-state index >= 15 is 0 Å². The van der Waals surface area contributed by atoms with Crippen molar-refractivity contribution in [2.75, 3.05) is 34.5 Å². The van der Waals surface area contributed by atoms with Crippen LogP contribution in [0.15, 0.2) is 47.6 Å². The predicted octanol–water partition coefficient (Wildman–Crippen LogP) is 8.29. The van der Waals surface area contributed by atoms with Gasteiger partial charge in [-0.2, -0.15) is 0 Å². The van der Waals surface area contributed by atoms with Gasteiger partial charge >= 0.3 is 13.0 Å². The van der Waals surface area contributed by atoms with Crippen molar-refractivity contribution in [2.24, 2.45) is 35.5 Å². The van der Waals surface area contributed by atoms with Crippen LogP contribution in [0.3, 0.4) is 0 Å². The van der Waals surface area contributed by atoms with E-state index in [0.717, 1.165) is 18.4 Å². The van der Waals surface area contributed by atoms with Crippen LogP contribution < -0.4 is 0 Å². The van der Waals surface area contributed by atoms with E-state index in [1.165, 1.54) is 23.4 Å². The van der Waals surface area contributed by atoms with Gasteiger partial charge in [0.25, 0.3) is 11.7 Å². The average molecular weight is 991 g/mol. The number of amides is 1. The van der Waals surface area contributed by atoms with Gasteiger partial charge in [0.15, 0.2) is 5.78 Å². The molecule has 3 heterocycles. The summed E-state index contributed by atoms with van der Waals surface area (Å²) in [5.41, 5.74) is 1.27. The van der Waals surface area contributed by atoms with Crippen molar-refractivity contribution >= 4 is 47.6 Å². The lowest BCUT2D eigenvalue weighted by Gasteiger charge is -2.42. The maximum absolute atomic E-state index is 14.5. The molecule has 16 atom stereocenters. The number of allylic oxidation sites excluding steroid dienone is 6. The summed E-state index contributed by atoms with van der Waals surface area (Å²) in [6, 6.07) is -1.14. The number of piperidine rings is 1. The van der Waals surface area contributed by atoms with Gasteiger partial charge in [-0.05, 0) is 107 Å². The number of ether oxygens (including phenoxy) is 5. The van der Waals surface area contributed by atoms with Gasteiger partial charge in [0, 0.05) is 58.5 Å². The van der Waals surface area contributed by atoms with Crippen LogP contribution in [-0.2, 0) is 52.2 Å². The molecule has 0 spiro atoms. The summed E-state index contributed by atoms with van der Waals surface area (Å²) in [6.45, 7) is 14.5. The molecule has 0 aromatic rings. The topological polar surface area (TPSA) is 192 Å². The lowest BCUT2D eigenvalue weighted by atomic mass is 9.79. The number of esters is 1. The van der Waals surface area contributed by atoms with Gasteiger partial charge in [-0.1, -0.05) is 75.6 Å². The number of aliphatic hydroxyl groups is 2. The van der Waals surface area contributed by atoms with E-state index in [9.17, 15) is 38.8 Å². The second kappa shape index (κ2) is 27.1. The van der Waals surface area contributed by atoms with Crippen molar-refractivity contribution in [3.63, 3.8) is 0 Å². The molecular formula is C52H81NO13PS+. The SMILES string of the molecule is CO[C@H]1C[C@@H]2CC[C@@H](C)[C@@](O)(O2)C(=O)C(=O)N2CCCC[C@H]2C(=O)O[C@H]([C@H](C)C[C@@H]2CCC(S[P+](C)=O)[C@H](OC)C2)CC(=O)[C@H](C)/C=C(\C)[C@@H](O)[C@@H](OC)C(=O)[C@H](C)C[C@H](C)/C=C/C=C/C=C/1C. The molecule has 2 bridgehead atoms. The van der Waals surface area contributed by atoms with E-state index in [4.69, 9.17) is 23.7 Å². The third-order valence-electron chi connectivity index (χ3n) is 14.7. The number of methoxy groups -OCH3 is 3. The lowest BCUT2D eigenvalue weighted by molar-refractivity contribution is -0.265. The van der Waals surface area contributed by atoms with Gasteiger partial charge in [0.1, 0.15) is 48.2 Å². The Bertz CT molecular complexity index is 1890. The van der Waals surface area contributed by atoms with Crippen LogP contribution in [0.1, 0.15) is 126 Å². The number of rotatable bonds is 8. The van der Waals surface area contributed by atoms with Crippen molar-refractivity contribution in [2.45, 2.75) is 179 Å². The summed E-state index contributed by atoms with van der Waals surface area (Å²) in [5.74, 6) is -7.90. The van der Waals surface area contributed by atoms with Crippen LogP contribution in [0.25, 0.3) is 0 Å². The molecule has 382 valence electrons. The number of ketones is 3. The molecule has 16 heteroatoms. The largest absolute Gasteiger partial charge is 0.460 e. The van der Waals surface area contributed by atoms with Crippen LogP contribution in [-0.4, -0.2) is 133 Å². The minimum absolute atomic E-state index is 0.0171. The standard InChI is InChI=1S/C52H81NO13PS/c1-31-17-13-12-14-18-32(2)42(62-8)29-39-22-20-37(7)52(60,66-39)49(57)50(58)53-24-16-15-19-40(53)51(59)65-43(34(4)27-38-21-23-45(68-67(11)61)44(28-38)63-9)30-41(54)33(3)26-36(6)47(56)48(64-10)46(55)35(5)25-31/h12-14,17-18,26,31,33-35,37-40,42-45,47-48,56,60H,15-16,19-25,27-30H2,1-11H3/q+1/b14-12+,17-13+,32-18+,36-26+/t31-,33-,34-,35-,37-,38+,39+,40+,42+,43+,44-,45?,47-,48+,52-/m1/s1. The lowest BCUT2D eigenvalue weighted by Crippen LogP contribution is -2.61. The fraction of sp³-hybridized carbons (Fsp3) is 0.750. The molecule has 4 aliphatic rings.